The monoisotopic (exact) mass is 343 g/mol. The van der Waals surface area contributed by atoms with E-state index in [1.54, 1.807) is 44.4 Å². The van der Waals surface area contributed by atoms with Crippen LogP contribution >= 0.6 is 0 Å². The molecule has 0 N–H and O–H groups in total. The molecule has 6 heteroatoms. The number of hydrogen-bond donors (Lipinski definition) is 0. The van der Waals surface area contributed by atoms with E-state index in [-0.39, 0.29) is 17.1 Å². The lowest BCUT2D eigenvalue weighted by Crippen LogP contribution is -2.24. The molecule has 1 aromatic carbocycles. The molecular formula is C19H21NO5. The molecule has 0 unspecified atom stereocenters. The first-order chi connectivity index (χ1) is 12.0. The second kappa shape index (κ2) is 7.70. The summed E-state index contributed by atoms with van der Waals surface area (Å²) in [4.78, 5) is 26.4. The number of carbonyl (C=O) groups is 2. The van der Waals surface area contributed by atoms with Gasteiger partial charge in [-0.2, -0.15) is 0 Å². The summed E-state index contributed by atoms with van der Waals surface area (Å²) in [5, 5.41) is 0. The Hall–Kier alpha value is -3.02. The summed E-state index contributed by atoms with van der Waals surface area (Å²) in [7, 11) is 4.37. The summed E-state index contributed by atoms with van der Waals surface area (Å²) < 4.78 is 15.3. The minimum atomic E-state index is -0.552. The van der Waals surface area contributed by atoms with Crippen LogP contribution in [0, 0.1) is 0 Å². The van der Waals surface area contributed by atoms with Gasteiger partial charge in [0.1, 0.15) is 0 Å². The summed E-state index contributed by atoms with van der Waals surface area (Å²) in [6.45, 7) is 5.68. The number of hydrogen-bond acceptors (Lipinski definition) is 5. The minimum absolute atomic E-state index is 0.254. The molecule has 1 aliphatic rings. The van der Waals surface area contributed by atoms with Crippen molar-refractivity contribution in [3.05, 3.63) is 53.3 Å². The van der Waals surface area contributed by atoms with Crippen molar-refractivity contribution in [2.45, 2.75) is 6.92 Å². The summed E-state index contributed by atoms with van der Waals surface area (Å²) >= 11 is 0. The van der Waals surface area contributed by atoms with Crippen LogP contribution in [0.25, 0.3) is 6.08 Å². The molecule has 132 valence electrons. The smallest absolute Gasteiger partial charge is 0.340 e. The van der Waals surface area contributed by atoms with E-state index in [0.717, 1.165) is 0 Å². The summed E-state index contributed by atoms with van der Waals surface area (Å²) in [5.41, 5.74) is 1.78. The van der Waals surface area contributed by atoms with Gasteiger partial charge in [0.05, 0.1) is 32.5 Å². The van der Waals surface area contributed by atoms with Crippen LogP contribution in [0.2, 0.25) is 0 Å². The van der Waals surface area contributed by atoms with Gasteiger partial charge in [0.25, 0.3) is 5.91 Å². The Balaban J connectivity index is 2.55. The molecule has 1 amide bonds. The highest BCUT2D eigenvalue weighted by Crippen LogP contribution is 2.33. The second-order valence-corrected chi connectivity index (χ2v) is 5.33. The number of benzene rings is 1. The van der Waals surface area contributed by atoms with Crippen molar-refractivity contribution >= 4 is 18.0 Å². The third kappa shape index (κ3) is 3.42. The molecule has 0 fully saturated rings. The standard InChI is InChI=1S/C19H21NO5/c1-6-9-20-12(2)17(19(22)25-5)14(18(20)21)10-13-7-8-15(23-3)16(11-13)24-4/h6-8,10-11H,1,9H2,2-5H3. The number of amides is 1. The molecule has 2 rings (SSSR count). The van der Waals surface area contributed by atoms with Crippen molar-refractivity contribution in [1.29, 1.82) is 0 Å². The Morgan fingerprint density at radius 1 is 1.20 bits per heavy atom. The normalized spacial score (nSPS) is 15.6. The Morgan fingerprint density at radius 3 is 2.44 bits per heavy atom. The molecule has 1 aromatic rings. The van der Waals surface area contributed by atoms with E-state index in [0.29, 0.717) is 29.3 Å². The molecular weight excluding hydrogens is 322 g/mol. The summed E-state index contributed by atoms with van der Waals surface area (Å²) in [6, 6.07) is 5.25. The number of allylic oxidation sites excluding steroid dienone is 1. The van der Waals surface area contributed by atoms with E-state index < -0.39 is 5.97 Å². The van der Waals surface area contributed by atoms with Crippen molar-refractivity contribution in [3.8, 4) is 11.5 Å². The molecule has 0 bridgehead atoms. The first-order valence-electron chi connectivity index (χ1n) is 7.64. The van der Waals surface area contributed by atoms with E-state index in [9.17, 15) is 9.59 Å². The Morgan fingerprint density at radius 2 is 1.88 bits per heavy atom. The molecule has 1 aliphatic heterocycles. The SMILES string of the molecule is C=CCN1C(=O)C(=Cc2ccc(OC)c(OC)c2)C(C(=O)OC)=C1C. The first kappa shape index (κ1) is 18.3. The van der Waals surface area contributed by atoms with Crippen molar-refractivity contribution in [1.82, 2.24) is 4.90 Å². The van der Waals surface area contributed by atoms with Crippen LogP contribution in [-0.4, -0.2) is 44.7 Å². The summed E-state index contributed by atoms with van der Waals surface area (Å²) in [6.07, 6.45) is 3.25. The van der Waals surface area contributed by atoms with Crippen molar-refractivity contribution in [2.75, 3.05) is 27.9 Å². The predicted octanol–water partition coefficient (Wildman–Crippen LogP) is 2.56. The molecule has 0 spiro atoms. The zero-order valence-electron chi connectivity index (χ0n) is 14.8. The Labute approximate surface area is 147 Å². The Bertz CT molecular complexity index is 776. The highest BCUT2D eigenvalue weighted by molar-refractivity contribution is 6.16. The van der Waals surface area contributed by atoms with E-state index >= 15 is 0 Å². The fourth-order valence-corrected chi connectivity index (χ4v) is 2.69. The van der Waals surface area contributed by atoms with Crippen molar-refractivity contribution in [3.63, 3.8) is 0 Å². The highest BCUT2D eigenvalue weighted by Gasteiger charge is 2.36. The van der Waals surface area contributed by atoms with Gasteiger partial charge in [-0.05, 0) is 30.7 Å². The third-order valence-electron chi connectivity index (χ3n) is 3.93. The van der Waals surface area contributed by atoms with Crippen molar-refractivity contribution < 1.29 is 23.8 Å². The number of methoxy groups -OCH3 is 3. The van der Waals surface area contributed by atoms with Gasteiger partial charge in [0, 0.05) is 12.2 Å². The largest absolute Gasteiger partial charge is 0.493 e. The lowest BCUT2D eigenvalue weighted by molar-refractivity contribution is -0.136. The van der Waals surface area contributed by atoms with Gasteiger partial charge in [0.15, 0.2) is 11.5 Å². The first-order valence-corrected chi connectivity index (χ1v) is 7.64. The number of ether oxygens (including phenoxy) is 3. The average Bonchev–Trinajstić information content (AvgIpc) is 2.85. The fraction of sp³-hybridized carbons (Fsp3) is 0.263. The van der Waals surface area contributed by atoms with Gasteiger partial charge in [-0.1, -0.05) is 12.1 Å². The molecule has 0 atom stereocenters. The third-order valence-corrected chi connectivity index (χ3v) is 3.93. The lowest BCUT2D eigenvalue weighted by atomic mass is 10.0. The minimum Gasteiger partial charge on any atom is -0.493 e. The highest BCUT2D eigenvalue weighted by atomic mass is 16.5. The summed E-state index contributed by atoms with van der Waals surface area (Å²) in [5.74, 6) is 0.290. The maximum atomic E-state index is 12.7. The number of esters is 1. The maximum absolute atomic E-state index is 12.7. The molecule has 6 nitrogen and oxygen atoms in total. The Kier molecular flexibility index (Phi) is 5.64. The van der Waals surface area contributed by atoms with Gasteiger partial charge in [-0.15, -0.1) is 6.58 Å². The van der Waals surface area contributed by atoms with Crippen LogP contribution in [0.4, 0.5) is 0 Å². The number of carbonyl (C=O) groups excluding carboxylic acids is 2. The molecule has 1 heterocycles. The van der Waals surface area contributed by atoms with Gasteiger partial charge >= 0.3 is 5.97 Å². The fourth-order valence-electron chi connectivity index (χ4n) is 2.69. The van der Waals surface area contributed by atoms with Gasteiger partial charge in [-0.3, -0.25) is 4.79 Å². The average molecular weight is 343 g/mol. The molecule has 0 aliphatic carbocycles. The molecule has 0 radical (unpaired) electrons. The molecule has 0 aromatic heterocycles. The quantitative estimate of drug-likeness (QED) is 0.451. The van der Waals surface area contributed by atoms with Crippen LogP contribution in [0.1, 0.15) is 12.5 Å². The zero-order valence-corrected chi connectivity index (χ0v) is 14.8. The number of rotatable bonds is 6. The molecule has 0 saturated carbocycles. The van der Waals surface area contributed by atoms with Crippen LogP contribution < -0.4 is 9.47 Å². The number of nitrogens with zero attached hydrogens (tertiary/aromatic N) is 1. The topological polar surface area (TPSA) is 65.1 Å². The lowest BCUT2D eigenvalue weighted by Gasteiger charge is -2.14. The van der Waals surface area contributed by atoms with Crippen LogP contribution in [0.15, 0.2) is 47.7 Å². The van der Waals surface area contributed by atoms with Crippen LogP contribution in [0.5, 0.6) is 11.5 Å². The molecule has 0 saturated heterocycles. The molecule has 25 heavy (non-hydrogen) atoms. The van der Waals surface area contributed by atoms with E-state index in [2.05, 4.69) is 6.58 Å². The zero-order chi connectivity index (χ0) is 18.6. The predicted molar refractivity (Wildman–Crippen MR) is 94.1 cm³/mol. The van der Waals surface area contributed by atoms with E-state index in [1.165, 1.54) is 19.1 Å². The van der Waals surface area contributed by atoms with Crippen LogP contribution in [0.3, 0.4) is 0 Å². The van der Waals surface area contributed by atoms with Gasteiger partial charge in [0.2, 0.25) is 0 Å². The van der Waals surface area contributed by atoms with E-state index in [1.807, 2.05) is 0 Å². The van der Waals surface area contributed by atoms with Crippen LogP contribution in [-0.2, 0) is 14.3 Å². The van der Waals surface area contributed by atoms with E-state index in [4.69, 9.17) is 14.2 Å². The van der Waals surface area contributed by atoms with Gasteiger partial charge < -0.3 is 19.1 Å². The van der Waals surface area contributed by atoms with Crippen molar-refractivity contribution in [2.24, 2.45) is 0 Å². The maximum Gasteiger partial charge on any atom is 0.340 e. The van der Waals surface area contributed by atoms with Gasteiger partial charge in [-0.25, -0.2) is 4.79 Å². The second-order valence-electron chi connectivity index (χ2n) is 5.33.